The normalized spacial score (nSPS) is 12.3. The molecule has 0 saturated heterocycles. The molecule has 0 saturated carbocycles. The Morgan fingerprint density at radius 2 is 0.957 bits per heavy atom. The molecule has 0 aliphatic carbocycles. The van der Waals surface area contributed by atoms with Crippen molar-refractivity contribution in [2.75, 3.05) is 6.16 Å². The minimum atomic E-state index is -4.42. The summed E-state index contributed by atoms with van der Waals surface area (Å²) in [7, 11) is -4.42. The smallest absolute Gasteiger partial charge is 0.457 e. The van der Waals surface area contributed by atoms with Crippen LogP contribution in [-0.4, -0.2) is 18.1 Å². The quantitative estimate of drug-likeness (QED) is 0.122. The molecule has 4 aromatic heterocycles. The lowest BCUT2D eigenvalue weighted by atomic mass is 10.1. The summed E-state index contributed by atoms with van der Waals surface area (Å²) >= 11 is 0. The number of hydrogen-bond acceptors (Lipinski definition) is 19. The van der Waals surface area contributed by atoms with Crippen molar-refractivity contribution in [3.63, 3.8) is 0 Å². The van der Waals surface area contributed by atoms with E-state index in [1.807, 2.05) is 0 Å². The lowest BCUT2D eigenvalue weighted by Gasteiger charge is -2.22. The van der Waals surface area contributed by atoms with Crippen molar-refractivity contribution >= 4 is 19.5 Å². The molecule has 4 heterocycles. The fraction of sp³-hybridized carbons (Fsp3) is 0.462. The van der Waals surface area contributed by atoms with Gasteiger partial charge in [0.25, 0.3) is 0 Å². The molecule has 19 nitrogen and oxygen atoms in total. The first kappa shape index (κ1) is 34.0. The summed E-state index contributed by atoms with van der Waals surface area (Å²) in [5.74, 6) is -7.56. The molecular formula is C26H27O19P. The molecule has 0 spiro atoms. The Morgan fingerprint density at radius 1 is 0.587 bits per heavy atom. The average Bonchev–Trinajstić information content (AvgIpc) is 3.70. The van der Waals surface area contributed by atoms with E-state index in [0.29, 0.717) is 0 Å². The van der Waals surface area contributed by atoms with Gasteiger partial charge in [-0.25, -0.2) is 19.2 Å². The molecule has 1 atom stereocenters. The first-order valence-electron chi connectivity index (χ1n) is 13.3. The molecule has 20 heteroatoms. The third-order valence-electron chi connectivity index (χ3n) is 6.31. The van der Waals surface area contributed by atoms with Gasteiger partial charge in [-0.05, 0) is 34.1 Å². The second-order valence-electron chi connectivity index (χ2n) is 9.58. The summed E-state index contributed by atoms with van der Waals surface area (Å²) in [6.07, 6.45) is -1.49. The Labute approximate surface area is 255 Å². The second kappa shape index (κ2) is 14.5. The van der Waals surface area contributed by atoms with Gasteiger partial charge in [0.05, 0.1) is 12.1 Å². The van der Waals surface area contributed by atoms with Crippen molar-refractivity contribution in [1.29, 1.82) is 0 Å². The number of ether oxygens (including phenoxy) is 2. The van der Waals surface area contributed by atoms with Crippen molar-refractivity contribution in [2.45, 2.75) is 67.0 Å². The minimum Gasteiger partial charge on any atom is -0.457 e. The zero-order valence-electron chi connectivity index (χ0n) is 24.7. The largest absolute Gasteiger partial charge is 0.519 e. The van der Waals surface area contributed by atoms with Crippen molar-refractivity contribution in [1.82, 2.24) is 0 Å². The summed E-state index contributed by atoms with van der Waals surface area (Å²) in [6.45, 7) is 3.37. The standard InChI is InChI=1S/C26H27O19P/c1-12-17(42-23(29)38-12)7-34-21(27)6-5-16(22(28)35-8-18-13(2)39-24(30)43-18)11-46(33,36-9-19-14(3)40-25(31)44-19)37-10-20-15(4)41-26(32)45-20/h16H,5-11H2,1-4H3. The van der Waals surface area contributed by atoms with Gasteiger partial charge in [0, 0.05) is 6.42 Å². The SMILES string of the molecule is Cc1oc(=O)oc1COC(=O)CCC(CP(=O)(OCc1oc(=O)oc1C)OCc1oc(=O)oc1C)C(=O)OCc1oc(=O)oc1C. The molecule has 46 heavy (non-hydrogen) atoms. The number of carbonyl (C=O) groups is 2. The Kier molecular flexibility index (Phi) is 10.7. The topological polar surface area (TPSA) is 262 Å². The maximum Gasteiger partial charge on any atom is 0.519 e. The van der Waals surface area contributed by atoms with E-state index >= 15 is 0 Å². The zero-order chi connectivity index (χ0) is 33.6. The third kappa shape index (κ3) is 9.09. The molecule has 4 aromatic rings. The molecule has 0 aliphatic rings. The fourth-order valence-corrected chi connectivity index (χ4v) is 5.58. The Bertz CT molecular complexity index is 1890. The van der Waals surface area contributed by atoms with Crippen LogP contribution in [0.2, 0.25) is 0 Å². The summed E-state index contributed by atoms with van der Waals surface area (Å²) in [4.78, 5) is 71.3. The summed E-state index contributed by atoms with van der Waals surface area (Å²) in [6, 6.07) is 0. The number of rotatable bonds is 16. The maximum atomic E-state index is 14.0. The highest BCUT2D eigenvalue weighted by molar-refractivity contribution is 7.53. The average molecular weight is 674 g/mol. The first-order chi connectivity index (χ1) is 21.7. The maximum absolute atomic E-state index is 14.0. The molecule has 0 N–H and O–H groups in total. The van der Waals surface area contributed by atoms with Gasteiger partial charge in [-0.2, -0.15) is 0 Å². The molecular weight excluding hydrogens is 647 g/mol. The molecule has 0 radical (unpaired) electrons. The van der Waals surface area contributed by atoms with Crippen LogP contribution in [0.5, 0.6) is 0 Å². The highest BCUT2D eigenvalue weighted by Gasteiger charge is 2.36. The lowest BCUT2D eigenvalue weighted by Crippen LogP contribution is -2.24. The number of esters is 2. The van der Waals surface area contributed by atoms with Gasteiger partial charge in [0.2, 0.25) is 0 Å². The van der Waals surface area contributed by atoms with E-state index in [1.54, 1.807) is 0 Å². The zero-order valence-corrected chi connectivity index (χ0v) is 25.6. The van der Waals surface area contributed by atoms with Crippen LogP contribution >= 0.6 is 7.60 Å². The van der Waals surface area contributed by atoms with E-state index in [9.17, 15) is 33.3 Å². The Hall–Kier alpha value is -4.87. The van der Waals surface area contributed by atoms with E-state index in [4.69, 9.17) is 53.9 Å². The van der Waals surface area contributed by atoms with Crippen molar-refractivity contribution < 1.29 is 68.0 Å². The van der Waals surface area contributed by atoms with Crippen molar-refractivity contribution in [3.8, 4) is 0 Å². The summed E-state index contributed by atoms with van der Waals surface area (Å²) in [5, 5.41) is 0. The summed E-state index contributed by atoms with van der Waals surface area (Å²) in [5.41, 5.74) is 0. The van der Waals surface area contributed by atoms with Crippen LogP contribution < -0.4 is 23.3 Å². The number of hydrogen-bond donors (Lipinski definition) is 0. The molecule has 0 aliphatic heterocycles. The van der Waals surface area contributed by atoms with Crippen LogP contribution in [0.4, 0.5) is 0 Å². The Morgan fingerprint density at radius 3 is 1.33 bits per heavy atom. The van der Waals surface area contributed by atoms with Crippen molar-refractivity contribution in [2.24, 2.45) is 5.92 Å². The minimum absolute atomic E-state index is 0.0209. The first-order valence-corrected chi connectivity index (χ1v) is 15.0. The van der Waals surface area contributed by atoms with Crippen LogP contribution in [-0.2, 0) is 59.1 Å². The summed E-state index contributed by atoms with van der Waals surface area (Å²) < 4.78 is 73.7. The number of carbonyl (C=O) groups excluding carboxylic acids is 2. The lowest BCUT2D eigenvalue weighted by molar-refractivity contribution is -0.151. The molecule has 1 unspecified atom stereocenters. The molecule has 0 amide bonds. The predicted octanol–water partition coefficient (Wildman–Crippen LogP) is 2.91. The van der Waals surface area contributed by atoms with Crippen LogP contribution in [0.15, 0.2) is 54.5 Å². The van der Waals surface area contributed by atoms with Gasteiger partial charge in [-0.15, -0.1) is 0 Å². The van der Waals surface area contributed by atoms with Gasteiger partial charge >= 0.3 is 42.8 Å². The van der Waals surface area contributed by atoms with E-state index < -0.39 is 87.8 Å². The fourth-order valence-electron chi connectivity index (χ4n) is 3.80. The highest BCUT2D eigenvalue weighted by Crippen LogP contribution is 2.52. The Balaban J connectivity index is 1.53. The van der Waals surface area contributed by atoms with E-state index in [2.05, 4.69) is 0 Å². The van der Waals surface area contributed by atoms with Gasteiger partial charge in [0.15, 0.2) is 47.8 Å². The van der Waals surface area contributed by atoms with E-state index in [0.717, 1.165) is 0 Å². The second-order valence-corrected chi connectivity index (χ2v) is 11.7. The monoisotopic (exact) mass is 674 g/mol. The highest BCUT2D eigenvalue weighted by atomic mass is 31.2. The van der Waals surface area contributed by atoms with Crippen LogP contribution in [0, 0.1) is 33.6 Å². The molecule has 250 valence electrons. The van der Waals surface area contributed by atoms with Crippen molar-refractivity contribution in [3.05, 3.63) is 88.5 Å². The van der Waals surface area contributed by atoms with Gasteiger partial charge in [-0.1, -0.05) is 0 Å². The van der Waals surface area contributed by atoms with Gasteiger partial charge < -0.3 is 53.9 Å². The van der Waals surface area contributed by atoms with Crippen LogP contribution in [0.1, 0.15) is 58.9 Å². The van der Waals surface area contributed by atoms with Crippen LogP contribution in [0.3, 0.4) is 0 Å². The molecule has 0 bridgehead atoms. The van der Waals surface area contributed by atoms with E-state index in [1.165, 1.54) is 27.7 Å². The van der Waals surface area contributed by atoms with E-state index in [-0.39, 0.29) is 52.5 Å². The third-order valence-corrected chi connectivity index (χ3v) is 8.24. The molecule has 0 aromatic carbocycles. The van der Waals surface area contributed by atoms with Gasteiger partial charge in [-0.3, -0.25) is 14.2 Å². The predicted molar refractivity (Wildman–Crippen MR) is 142 cm³/mol. The van der Waals surface area contributed by atoms with Gasteiger partial charge in [0.1, 0.15) is 24.7 Å². The number of aryl methyl sites for hydroxylation is 4. The molecule has 0 fully saturated rings. The van der Waals surface area contributed by atoms with Crippen LogP contribution in [0.25, 0.3) is 0 Å². The molecule has 4 rings (SSSR count).